The van der Waals surface area contributed by atoms with Gasteiger partial charge < -0.3 is 108 Å². The number of amides is 1. The fourth-order valence-corrected chi connectivity index (χ4v) is 6.88. The molecule has 0 aliphatic carbocycles. The number of methoxy groups -OCH3 is 2. The lowest BCUT2D eigenvalue weighted by Gasteiger charge is -2.49. The summed E-state index contributed by atoms with van der Waals surface area (Å²) in [6, 6.07) is -3.18. The van der Waals surface area contributed by atoms with Crippen LogP contribution in [0.1, 0.15) is 27.2 Å². The predicted molar refractivity (Wildman–Crippen MR) is 232 cm³/mol. The van der Waals surface area contributed by atoms with Crippen molar-refractivity contribution in [2.75, 3.05) is 159 Å². The van der Waals surface area contributed by atoms with Crippen molar-refractivity contribution in [3.8, 4) is 0 Å². The van der Waals surface area contributed by atoms with Crippen molar-refractivity contribution >= 4 is 11.9 Å². The second-order valence-corrected chi connectivity index (χ2v) is 15.5. The Bertz CT molecular complexity index is 1320. The van der Waals surface area contributed by atoms with E-state index in [0.717, 1.165) is 5.01 Å². The zero-order chi connectivity index (χ0) is 49.9. The molecule has 27 heteroatoms. The Hall–Kier alpha value is -2.78. The second-order valence-electron chi connectivity index (χ2n) is 15.5. The first-order valence-electron chi connectivity index (χ1n) is 22.9. The molecule has 0 spiro atoms. The average Bonchev–Trinajstić information content (AvgIpc) is 3.32. The minimum Gasteiger partial charge on any atom is -0.569 e. The van der Waals surface area contributed by atoms with Gasteiger partial charge in [0.15, 0.2) is 18.6 Å². The molecule has 0 aromatic rings. The van der Waals surface area contributed by atoms with Crippen LogP contribution in [-0.2, 0) is 75.9 Å². The summed E-state index contributed by atoms with van der Waals surface area (Å²) in [6.07, 6.45) is -9.52. The van der Waals surface area contributed by atoms with E-state index in [2.05, 4.69) is 15.9 Å². The molecule has 0 aromatic carbocycles. The van der Waals surface area contributed by atoms with Gasteiger partial charge in [0.05, 0.1) is 156 Å². The van der Waals surface area contributed by atoms with Gasteiger partial charge in [-0.25, -0.2) is 0 Å². The molecular weight excluding hydrogens is 914 g/mol. The minimum absolute atomic E-state index is 0.0158. The highest BCUT2D eigenvalue weighted by Crippen LogP contribution is 2.33. The van der Waals surface area contributed by atoms with Gasteiger partial charge >= 0.3 is 5.97 Å². The monoisotopic (exact) mass is 994 g/mol. The number of nitrogens with one attached hydrogen (secondary N) is 2. The highest BCUT2D eigenvalue weighted by Gasteiger charge is 2.54. The smallest absolute Gasteiger partial charge is 0.307 e. The Morgan fingerprint density at radius 3 is 1.60 bits per heavy atom. The van der Waals surface area contributed by atoms with Crippen LogP contribution in [0, 0.1) is 11.1 Å². The van der Waals surface area contributed by atoms with Gasteiger partial charge in [-0.2, -0.15) is 0 Å². The molecule has 2 rings (SSSR count). The summed E-state index contributed by atoms with van der Waals surface area (Å²) in [7, 11) is 2.86. The summed E-state index contributed by atoms with van der Waals surface area (Å²) in [4.78, 5) is 24.2. The van der Waals surface area contributed by atoms with Crippen LogP contribution in [0.2, 0.25) is 0 Å². The van der Waals surface area contributed by atoms with Crippen molar-refractivity contribution in [3.63, 3.8) is 0 Å². The lowest BCUT2D eigenvalue weighted by atomic mass is 9.89. The van der Waals surface area contributed by atoms with Crippen molar-refractivity contribution < 1.29 is 107 Å². The molecule has 400 valence electrons. The molecular formula is C41H79N5O22. The van der Waals surface area contributed by atoms with E-state index in [4.69, 9.17) is 66.3 Å². The fourth-order valence-electron chi connectivity index (χ4n) is 6.88. The first-order valence-corrected chi connectivity index (χ1v) is 22.9. The molecule has 7 N–H and O–H groups in total. The van der Waals surface area contributed by atoms with Crippen LogP contribution in [-0.4, -0.2) is 268 Å². The third-order valence-electron chi connectivity index (χ3n) is 10.4. The molecule has 5 unspecified atom stereocenters. The van der Waals surface area contributed by atoms with Gasteiger partial charge in [-0.05, 0) is 6.92 Å². The van der Waals surface area contributed by atoms with Gasteiger partial charge in [-0.3, -0.25) is 9.59 Å². The number of aliphatic hydroxyl groups is 4. The fraction of sp³-hybridized carbons (Fsp3) is 0.951. The van der Waals surface area contributed by atoms with E-state index in [0.29, 0.717) is 99.1 Å². The average molecular weight is 994 g/mol. The summed E-state index contributed by atoms with van der Waals surface area (Å²) >= 11 is 0. The second kappa shape index (κ2) is 38.0. The van der Waals surface area contributed by atoms with Crippen molar-refractivity contribution in [1.82, 2.24) is 15.6 Å². The highest BCUT2D eigenvalue weighted by molar-refractivity contribution is 5.73. The third-order valence-corrected chi connectivity index (χ3v) is 10.4. The van der Waals surface area contributed by atoms with E-state index in [1.54, 1.807) is 21.0 Å². The number of hydrazine groups is 1. The number of carbonyl (C=O) groups is 2. The number of ether oxygens (including phenoxy) is 14. The Morgan fingerprint density at radius 2 is 1.18 bits per heavy atom. The number of hydrogen-bond donors (Lipinski definition) is 7. The van der Waals surface area contributed by atoms with Crippen molar-refractivity contribution in [2.45, 2.75) is 88.4 Å². The maximum absolute atomic E-state index is 12.9. The molecule has 11 atom stereocenters. The van der Waals surface area contributed by atoms with Gasteiger partial charge in [0.1, 0.15) is 31.0 Å². The summed E-state index contributed by atoms with van der Waals surface area (Å²) in [5.41, 5.74) is 0. The maximum Gasteiger partial charge on any atom is 0.307 e. The zero-order valence-electron chi connectivity index (χ0n) is 40.1. The third kappa shape index (κ3) is 24.4. The molecule has 2 fully saturated rings. The molecule has 2 saturated heterocycles. The Labute approximate surface area is 397 Å². The van der Waals surface area contributed by atoms with Crippen LogP contribution < -0.4 is 10.6 Å². The summed E-state index contributed by atoms with van der Waals surface area (Å²) < 4.78 is 76.8. The molecule has 2 aliphatic heterocycles. The van der Waals surface area contributed by atoms with E-state index < -0.39 is 92.2 Å². The Kier molecular flexibility index (Phi) is 34.2. The van der Waals surface area contributed by atoms with E-state index >= 15 is 0 Å². The number of carbonyl (C=O) groups excluding carboxylic acids is 2. The standard InChI is InChI=1S/C41H79N5O22/c1-29(26-45(46(54)44-53)36-38(52)39(33(28-48)67-41(36)56-5)68-40-35(43-31(3)49)37(51)30(2)32(27-47)66-40)42-7-6-34(50)65-25-24-64-23-22-63-21-20-62-19-18-61-17-16-60-15-14-59-13-12-58-11-10-57-9-8-55-4/h29-30,32-33,35-42,47-48,51-53H,6-28H2,1-5H3,(H,43,49)/b46-44-/t29?,30-,32?,33?,35?,36?,37+,38-,39-,40+,41-/m1/s1. The summed E-state index contributed by atoms with van der Waals surface area (Å²) in [5.74, 6) is -1.67. The molecule has 27 nitrogen and oxygen atoms in total. The van der Waals surface area contributed by atoms with Gasteiger partial charge in [-0.1, -0.05) is 6.92 Å². The van der Waals surface area contributed by atoms with Gasteiger partial charge in [0.25, 0.3) is 0 Å². The number of hydrogen-bond acceptors (Lipinski definition) is 23. The van der Waals surface area contributed by atoms with Gasteiger partial charge in [0, 0.05) is 39.6 Å². The first-order chi connectivity index (χ1) is 32.9. The molecule has 2 heterocycles. The summed E-state index contributed by atoms with van der Waals surface area (Å²) in [5, 5.41) is 74.5. The van der Waals surface area contributed by atoms with Crippen LogP contribution in [0.25, 0.3) is 0 Å². The van der Waals surface area contributed by atoms with E-state index in [1.807, 2.05) is 0 Å². The quantitative estimate of drug-likeness (QED) is 0.0105. The molecule has 1 amide bonds. The van der Waals surface area contributed by atoms with E-state index in [1.165, 1.54) is 14.0 Å². The Balaban J connectivity index is 1.60. The Morgan fingerprint density at radius 1 is 0.721 bits per heavy atom. The summed E-state index contributed by atoms with van der Waals surface area (Å²) in [6.45, 7) is 10.5. The van der Waals surface area contributed by atoms with Crippen LogP contribution in [0.3, 0.4) is 0 Å². The molecule has 0 radical (unpaired) electrons. The van der Waals surface area contributed by atoms with Crippen LogP contribution >= 0.6 is 0 Å². The molecule has 68 heavy (non-hydrogen) atoms. The number of aliphatic hydroxyl groups excluding tert-OH is 4. The molecule has 0 aromatic heterocycles. The van der Waals surface area contributed by atoms with E-state index in [9.17, 15) is 40.4 Å². The maximum atomic E-state index is 12.9. The predicted octanol–water partition coefficient (Wildman–Crippen LogP) is -3.06. The normalized spacial score (nSPS) is 25.9. The van der Waals surface area contributed by atoms with E-state index in [-0.39, 0.29) is 44.3 Å². The van der Waals surface area contributed by atoms with Gasteiger partial charge in [-0.15, -0.1) is 5.01 Å². The van der Waals surface area contributed by atoms with Crippen LogP contribution in [0.15, 0.2) is 5.28 Å². The number of rotatable bonds is 41. The zero-order valence-corrected chi connectivity index (χ0v) is 40.1. The van der Waals surface area contributed by atoms with Crippen LogP contribution in [0.4, 0.5) is 0 Å². The van der Waals surface area contributed by atoms with Gasteiger partial charge in [0.2, 0.25) is 11.2 Å². The van der Waals surface area contributed by atoms with Crippen molar-refractivity contribution in [3.05, 3.63) is 5.21 Å². The highest BCUT2D eigenvalue weighted by atomic mass is 16.7. The topological polar surface area (TPSA) is 330 Å². The van der Waals surface area contributed by atoms with Crippen molar-refractivity contribution in [1.29, 1.82) is 0 Å². The first kappa shape index (κ1) is 61.3. The van der Waals surface area contributed by atoms with Crippen molar-refractivity contribution in [2.24, 2.45) is 11.2 Å². The number of esters is 1. The van der Waals surface area contributed by atoms with Crippen LogP contribution in [0.5, 0.6) is 0 Å². The molecule has 0 bridgehead atoms. The SMILES string of the molecule is COCCOCCOCCOCCOCCOCCOCCOCCOCCOC(=O)CCNC(C)CN(C1[C@H](OC)OC(CO)[C@@H](O[C@@H]2OC(CO)[C@@H](C)[C@H](O)C2NC(C)=O)[C@@H]1O)/[N+]([O-])=N/O. The molecule has 0 saturated carbocycles. The lowest BCUT2D eigenvalue weighted by Crippen LogP contribution is -2.69. The largest absolute Gasteiger partial charge is 0.569 e. The lowest BCUT2D eigenvalue weighted by molar-refractivity contribution is -0.724. The number of nitrogens with zero attached hydrogens (tertiary/aromatic N) is 3. The minimum atomic E-state index is -1.72. The molecule has 2 aliphatic rings.